The van der Waals surface area contributed by atoms with Crippen LogP contribution in [0.4, 0.5) is 5.69 Å². The number of benzene rings is 1. The fourth-order valence-corrected chi connectivity index (χ4v) is 3.41. The van der Waals surface area contributed by atoms with Gasteiger partial charge < -0.3 is 0 Å². The molecule has 7 heteroatoms. The zero-order valence-corrected chi connectivity index (χ0v) is 13.4. The van der Waals surface area contributed by atoms with Gasteiger partial charge in [0.05, 0.1) is 5.69 Å². The summed E-state index contributed by atoms with van der Waals surface area (Å²) < 4.78 is 0. The van der Waals surface area contributed by atoms with Gasteiger partial charge >= 0.3 is 0 Å². The normalized spacial score (nSPS) is 21.9. The van der Waals surface area contributed by atoms with Gasteiger partial charge in [0.25, 0.3) is 5.79 Å². The monoisotopic (exact) mass is 287 g/mol. The van der Waals surface area contributed by atoms with Gasteiger partial charge in [-0.25, -0.2) is 10.0 Å². The predicted molar refractivity (Wildman–Crippen MR) is 80.4 cm³/mol. The second-order valence-corrected chi connectivity index (χ2v) is 6.16. The molecule has 2 aliphatic rings. The molecule has 0 atom stereocenters. The molecule has 0 unspecified atom stereocenters. The molecule has 2 aliphatic heterocycles. The van der Waals surface area contributed by atoms with Gasteiger partial charge in [-0.2, -0.15) is 10.1 Å². The van der Waals surface area contributed by atoms with Gasteiger partial charge in [0.2, 0.25) is 0 Å². The first-order valence-electron chi connectivity index (χ1n) is 7.01. The smallest absolute Gasteiger partial charge is 0.231 e. The molecular formula is C14H21N7. The van der Waals surface area contributed by atoms with Crippen molar-refractivity contribution in [2.45, 2.75) is 39.0 Å². The topological polar surface area (TPSA) is 59.2 Å². The first kappa shape index (κ1) is 13.8. The fraction of sp³-hybridized carbons (Fsp3) is 0.571. The van der Waals surface area contributed by atoms with E-state index in [9.17, 15) is 0 Å². The van der Waals surface area contributed by atoms with E-state index in [0.29, 0.717) is 0 Å². The number of hydrogen-bond donors (Lipinski definition) is 0. The average Bonchev–Trinajstić information content (AvgIpc) is 2.84. The number of likely N-dealkylation sites (N-methyl/N-ethyl adjacent to an activating group) is 2. The van der Waals surface area contributed by atoms with Gasteiger partial charge in [-0.3, -0.25) is 0 Å². The Kier molecular flexibility index (Phi) is 2.73. The summed E-state index contributed by atoms with van der Waals surface area (Å²) in [6, 6.07) is 6.22. The van der Waals surface area contributed by atoms with Crippen molar-refractivity contribution in [1.29, 1.82) is 0 Å². The molecule has 0 aliphatic carbocycles. The minimum atomic E-state index is -0.663. The van der Waals surface area contributed by atoms with E-state index in [4.69, 9.17) is 0 Å². The van der Waals surface area contributed by atoms with Gasteiger partial charge in [-0.05, 0) is 49.3 Å². The minimum Gasteiger partial charge on any atom is -0.231 e. The van der Waals surface area contributed by atoms with Gasteiger partial charge in [0.1, 0.15) is 5.54 Å². The van der Waals surface area contributed by atoms with E-state index < -0.39 is 11.3 Å². The SMILES string of the molecule is Cc1cccc(C)c1N1N=NC(C)(C)C12N(C)N=NN2C. The summed E-state index contributed by atoms with van der Waals surface area (Å²) in [6.07, 6.45) is 0. The fourth-order valence-electron chi connectivity index (χ4n) is 3.41. The second-order valence-electron chi connectivity index (χ2n) is 6.16. The van der Waals surface area contributed by atoms with Crippen molar-refractivity contribution in [1.82, 2.24) is 10.0 Å². The molecule has 0 saturated heterocycles. The van der Waals surface area contributed by atoms with E-state index in [1.54, 1.807) is 0 Å². The Hall–Kier alpha value is -2.18. The van der Waals surface area contributed by atoms with Crippen molar-refractivity contribution in [3.05, 3.63) is 29.3 Å². The summed E-state index contributed by atoms with van der Waals surface area (Å²) >= 11 is 0. The first-order chi connectivity index (χ1) is 9.82. The summed E-state index contributed by atoms with van der Waals surface area (Å²) in [4.78, 5) is 0. The number of aryl methyl sites for hydroxylation is 2. The van der Waals surface area contributed by atoms with Gasteiger partial charge in [-0.15, -0.1) is 0 Å². The lowest BCUT2D eigenvalue weighted by Crippen LogP contribution is -2.69. The largest absolute Gasteiger partial charge is 0.272 e. The summed E-state index contributed by atoms with van der Waals surface area (Å²) in [7, 11) is 3.82. The Labute approximate surface area is 124 Å². The van der Waals surface area contributed by atoms with Crippen molar-refractivity contribution < 1.29 is 0 Å². The highest BCUT2D eigenvalue weighted by molar-refractivity contribution is 5.61. The predicted octanol–water partition coefficient (Wildman–Crippen LogP) is 3.08. The molecule has 1 aromatic carbocycles. The standard InChI is InChI=1S/C14H21N7/c1-10-8-7-9-11(2)12(10)21-14(13(3,4)15-16-21)19(5)17-18-20(14)6/h7-9H,1-6H3. The Morgan fingerprint density at radius 3 is 1.95 bits per heavy atom. The van der Waals surface area contributed by atoms with Crippen LogP contribution in [0.25, 0.3) is 0 Å². The third kappa shape index (κ3) is 1.54. The molecule has 7 nitrogen and oxygen atoms in total. The van der Waals surface area contributed by atoms with Gasteiger partial charge in [0, 0.05) is 14.1 Å². The van der Waals surface area contributed by atoms with Crippen molar-refractivity contribution >= 4 is 5.69 Å². The van der Waals surface area contributed by atoms with Crippen molar-refractivity contribution in [3.8, 4) is 0 Å². The van der Waals surface area contributed by atoms with Crippen LogP contribution in [0, 0.1) is 13.8 Å². The number of rotatable bonds is 1. The second kappa shape index (κ2) is 4.16. The van der Waals surface area contributed by atoms with Crippen LogP contribution < -0.4 is 5.01 Å². The maximum Gasteiger partial charge on any atom is 0.272 e. The van der Waals surface area contributed by atoms with Crippen molar-refractivity contribution in [3.63, 3.8) is 0 Å². The Morgan fingerprint density at radius 1 is 0.905 bits per heavy atom. The molecule has 1 spiro atoms. The van der Waals surface area contributed by atoms with Crippen molar-refractivity contribution in [2.24, 2.45) is 20.8 Å². The van der Waals surface area contributed by atoms with Crippen LogP contribution in [0.5, 0.6) is 0 Å². The highest BCUT2D eigenvalue weighted by atomic mass is 15.9. The summed E-state index contributed by atoms with van der Waals surface area (Å²) in [6.45, 7) is 8.27. The van der Waals surface area contributed by atoms with Crippen LogP contribution in [0.2, 0.25) is 0 Å². The Bertz CT molecular complexity index is 602. The summed E-state index contributed by atoms with van der Waals surface area (Å²) in [5.41, 5.74) is 2.88. The zero-order valence-electron chi connectivity index (χ0n) is 13.4. The highest BCUT2D eigenvalue weighted by Gasteiger charge is 2.64. The average molecular weight is 287 g/mol. The molecule has 0 radical (unpaired) electrons. The number of hydrogen-bond acceptors (Lipinski definition) is 7. The number of nitrogens with zero attached hydrogens (tertiary/aromatic N) is 7. The lowest BCUT2D eigenvalue weighted by molar-refractivity contribution is -0.0187. The van der Waals surface area contributed by atoms with Crippen LogP contribution in [0.3, 0.4) is 0 Å². The third-order valence-electron chi connectivity index (χ3n) is 4.36. The molecule has 1 aromatic rings. The first-order valence-corrected chi connectivity index (χ1v) is 7.01. The third-order valence-corrected chi connectivity index (χ3v) is 4.36. The minimum absolute atomic E-state index is 0.477. The zero-order chi connectivity index (χ0) is 15.4. The van der Waals surface area contributed by atoms with Crippen LogP contribution in [0.1, 0.15) is 25.0 Å². The van der Waals surface area contributed by atoms with Crippen LogP contribution >= 0.6 is 0 Å². The molecule has 21 heavy (non-hydrogen) atoms. The molecule has 0 bridgehead atoms. The highest BCUT2D eigenvalue weighted by Crippen LogP contribution is 2.48. The number of anilines is 1. The van der Waals surface area contributed by atoms with Gasteiger partial charge in [0.15, 0.2) is 0 Å². The molecule has 0 fully saturated rings. The summed E-state index contributed by atoms with van der Waals surface area (Å²) in [5.74, 6) is -0.663. The molecule has 2 heterocycles. The van der Waals surface area contributed by atoms with Gasteiger partial charge in [-0.1, -0.05) is 23.4 Å². The van der Waals surface area contributed by atoms with Crippen LogP contribution in [0.15, 0.2) is 39.0 Å². The maximum absolute atomic E-state index is 4.49. The van der Waals surface area contributed by atoms with E-state index in [1.165, 1.54) is 0 Å². The van der Waals surface area contributed by atoms with Crippen LogP contribution in [-0.2, 0) is 0 Å². The lowest BCUT2D eigenvalue weighted by atomic mass is 9.93. The van der Waals surface area contributed by atoms with E-state index >= 15 is 0 Å². The molecule has 0 N–H and O–H groups in total. The summed E-state index contributed by atoms with van der Waals surface area (Å²) in [5, 5.41) is 23.0. The number of para-hydroxylation sites is 1. The molecule has 112 valence electrons. The lowest BCUT2D eigenvalue weighted by Gasteiger charge is -2.46. The molecule has 0 aromatic heterocycles. The van der Waals surface area contributed by atoms with Crippen molar-refractivity contribution in [2.75, 3.05) is 19.1 Å². The van der Waals surface area contributed by atoms with Crippen LogP contribution in [-0.4, -0.2) is 35.4 Å². The van der Waals surface area contributed by atoms with E-state index in [0.717, 1.165) is 16.8 Å². The van der Waals surface area contributed by atoms with E-state index in [-0.39, 0.29) is 0 Å². The quantitative estimate of drug-likeness (QED) is 0.797. The van der Waals surface area contributed by atoms with E-state index in [2.05, 4.69) is 52.8 Å². The Balaban J connectivity index is 2.22. The Morgan fingerprint density at radius 2 is 1.43 bits per heavy atom. The molecule has 3 rings (SSSR count). The maximum atomic E-state index is 4.49. The molecule has 0 amide bonds. The molecular weight excluding hydrogens is 266 g/mol. The van der Waals surface area contributed by atoms with E-state index in [1.807, 2.05) is 43.0 Å². The molecule has 0 saturated carbocycles.